The topological polar surface area (TPSA) is 118 Å². The van der Waals surface area contributed by atoms with Crippen LogP contribution in [0.4, 0.5) is 0 Å². The first-order chi connectivity index (χ1) is 21.1. The highest BCUT2D eigenvalue weighted by Gasteiger charge is 2.20. The van der Waals surface area contributed by atoms with E-state index in [0.717, 1.165) is 32.9 Å². The van der Waals surface area contributed by atoms with Gasteiger partial charge in [0.05, 0.1) is 33.1 Å². The van der Waals surface area contributed by atoms with Crippen LogP contribution in [0.25, 0.3) is 32.9 Å². The second kappa shape index (κ2) is 11.4. The Hall–Kier alpha value is -5.28. The summed E-state index contributed by atoms with van der Waals surface area (Å²) in [7, 11) is -3.43. The monoisotopic (exact) mass is 603 g/mol. The first-order valence-corrected chi connectivity index (χ1v) is 15.9. The second-order valence-electron chi connectivity index (χ2n) is 10.9. The summed E-state index contributed by atoms with van der Waals surface area (Å²) in [6, 6.07) is 28.4. The lowest BCUT2D eigenvalue weighted by Gasteiger charge is -2.17. The number of carboxylic acid groups (broad SMARTS) is 1. The van der Waals surface area contributed by atoms with Crippen molar-refractivity contribution in [3.8, 4) is 11.1 Å². The molecule has 0 spiro atoms. The van der Waals surface area contributed by atoms with Crippen molar-refractivity contribution in [2.75, 3.05) is 6.26 Å². The molecule has 0 aliphatic heterocycles. The van der Waals surface area contributed by atoms with E-state index < -0.39 is 21.8 Å². The number of nitrogens with zero attached hydrogens (tertiary/aromatic N) is 2. The van der Waals surface area contributed by atoms with Crippen LogP contribution in [0.2, 0.25) is 0 Å². The van der Waals surface area contributed by atoms with Gasteiger partial charge in [0.2, 0.25) is 0 Å². The Bertz CT molecular complexity index is 2170. The molecule has 0 bridgehead atoms. The van der Waals surface area contributed by atoms with Gasteiger partial charge in [0.25, 0.3) is 5.91 Å². The van der Waals surface area contributed by atoms with E-state index in [9.17, 15) is 23.1 Å². The standard InChI is InChI=1S/C35H29N3O5S/c1-22(24-10-12-26(13-11-24)35(40)41)37-34(39)31-20-29(27-5-3-7-30(19-27)44(2,42)43)18-28-14-16-38(33(28)31)21-23-8-9-25-6-4-15-36-32(25)17-23/h3-20,22H,21H2,1-2H3,(H,37,39)(H,40,41)/t22-/m0/s1. The molecule has 4 aromatic carbocycles. The Kier molecular flexibility index (Phi) is 7.48. The number of benzene rings is 4. The third-order valence-electron chi connectivity index (χ3n) is 7.73. The summed E-state index contributed by atoms with van der Waals surface area (Å²) in [6.45, 7) is 2.34. The van der Waals surface area contributed by atoms with Crippen LogP contribution in [0.1, 0.15) is 44.8 Å². The lowest BCUT2D eigenvalue weighted by Crippen LogP contribution is -2.27. The average molecular weight is 604 g/mol. The molecule has 0 saturated carbocycles. The van der Waals surface area contributed by atoms with Crippen LogP contribution < -0.4 is 5.32 Å². The lowest BCUT2D eigenvalue weighted by atomic mass is 9.99. The van der Waals surface area contributed by atoms with E-state index in [1.165, 1.54) is 18.4 Å². The smallest absolute Gasteiger partial charge is 0.335 e. The van der Waals surface area contributed by atoms with Crippen molar-refractivity contribution in [2.24, 2.45) is 0 Å². The molecule has 0 aliphatic rings. The summed E-state index contributed by atoms with van der Waals surface area (Å²) >= 11 is 0. The van der Waals surface area contributed by atoms with Crippen molar-refractivity contribution in [2.45, 2.75) is 24.4 Å². The molecule has 2 aromatic heterocycles. The molecule has 0 radical (unpaired) electrons. The van der Waals surface area contributed by atoms with Crippen molar-refractivity contribution in [1.29, 1.82) is 0 Å². The largest absolute Gasteiger partial charge is 0.478 e. The number of carbonyl (C=O) groups is 2. The second-order valence-corrected chi connectivity index (χ2v) is 12.9. The zero-order valence-electron chi connectivity index (χ0n) is 24.1. The number of nitrogens with one attached hydrogen (secondary N) is 1. The maximum atomic E-state index is 14.0. The van der Waals surface area contributed by atoms with Gasteiger partial charge in [-0.1, -0.05) is 42.5 Å². The zero-order valence-corrected chi connectivity index (χ0v) is 24.9. The fourth-order valence-electron chi connectivity index (χ4n) is 5.41. The molecule has 2 heterocycles. The Labute approximate surface area is 254 Å². The molecule has 0 saturated heterocycles. The molecule has 44 heavy (non-hydrogen) atoms. The molecule has 0 unspecified atom stereocenters. The van der Waals surface area contributed by atoms with E-state index in [1.54, 1.807) is 42.6 Å². The Balaban J connectivity index is 1.42. The number of carbonyl (C=O) groups excluding carboxylic acids is 1. The minimum absolute atomic E-state index is 0.166. The van der Waals surface area contributed by atoms with Crippen LogP contribution in [-0.2, 0) is 16.4 Å². The number of fused-ring (bicyclic) bond motifs is 2. The van der Waals surface area contributed by atoms with E-state index in [2.05, 4.69) is 10.3 Å². The summed E-state index contributed by atoms with van der Waals surface area (Å²) < 4.78 is 26.6. The van der Waals surface area contributed by atoms with Crippen molar-refractivity contribution in [3.63, 3.8) is 0 Å². The van der Waals surface area contributed by atoms with Gasteiger partial charge in [-0.15, -0.1) is 0 Å². The minimum Gasteiger partial charge on any atom is -0.478 e. The van der Waals surface area contributed by atoms with E-state index >= 15 is 0 Å². The van der Waals surface area contributed by atoms with Crippen molar-refractivity contribution in [1.82, 2.24) is 14.9 Å². The highest BCUT2D eigenvalue weighted by molar-refractivity contribution is 7.90. The van der Waals surface area contributed by atoms with E-state index in [4.69, 9.17) is 0 Å². The van der Waals surface area contributed by atoms with Gasteiger partial charge in [0.1, 0.15) is 0 Å². The minimum atomic E-state index is -3.43. The molecule has 9 heteroatoms. The van der Waals surface area contributed by atoms with Crippen LogP contribution in [0.3, 0.4) is 0 Å². The number of aromatic carboxylic acids is 1. The number of aromatic nitrogens is 2. The molecule has 1 amide bonds. The summed E-state index contributed by atoms with van der Waals surface area (Å²) in [5, 5.41) is 14.2. The first kappa shape index (κ1) is 28.8. The highest BCUT2D eigenvalue weighted by Crippen LogP contribution is 2.31. The van der Waals surface area contributed by atoms with Crippen LogP contribution in [0, 0.1) is 0 Å². The lowest BCUT2D eigenvalue weighted by molar-refractivity contribution is 0.0696. The SMILES string of the molecule is C[C@H](NC(=O)c1cc(-c2cccc(S(C)(=O)=O)c2)cc2ccn(Cc3ccc4cccnc4c3)c12)c1ccc(C(=O)O)cc1. The van der Waals surface area contributed by atoms with Gasteiger partial charge in [0, 0.05) is 36.0 Å². The molecule has 0 aliphatic carbocycles. The number of carboxylic acids is 1. The predicted molar refractivity (Wildman–Crippen MR) is 171 cm³/mol. The normalized spacial score (nSPS) is 12.3. The first-order valence-electron chi connectivity index (χ1n) is 14.0. The average Bonchev–Trinajstić information content (AvgIpc) is 3.42. The zero-order chi connectivity index (χ0) is 31.0. The van der Waals surface area contributed by atoms with Crippen molar-refractivity contribution in [3.05, 3.63) is 132 Å². The van der Waals surface area contributed by atoms with Crippen LogP contribution >= 0.6 is 0 Å². The highest BCUT2D eigenvalue weighted by atomic mass is 32.2. The van der Waals surface area contributed by atoms with Gasteiger partial charge >= 0.3 is 5.97 Å². The molecular formula is C35H29N3O5S. The molecule has 220 valence electrons. The van der Waals surface area contributed by atoms with E-state index in [1.807, 2.05) is 66.2 Å². The Morgan fingerprint density at radius 1 is 0.886 bits per heavy atom. The Morgan fingerprint density at radius 2 is 1.68 bits per heavy atom. The molecule has 1 atom stereocenters. The summed E-state index contributed by atoms with van der Waals surface area (Å²) in [5.74, 6) is -1.33. The maximum absolute atomic E-state index is 14.0. The van der Waals surface area contributed by atoms with Crippen molar-refractivity contribution >= 4 is 43.5 Å². The van der Waals surface area contributed by atoms with Gasteiger partial charge in [-0.3, -0.25) is 9.78 Å². The van der Waals surface area contributed by atoms with Gasteiger partial charge < -0.3 is 15.0 Å². The van der Waals surface area contributed by atoms with Gasteiger partial charge in [0.15, 0.2) is 9.84 Å². The third kappa shape index (κ3) is 5.82. The number of hydrogen-bond acceptors (Lipinski definition) is 5. The molecule has 6 aromatic rings. The molecule has 0 fully saturated rings. The van der Waals surface area contributed by atoms with E-state index in [-0.39, 0.29) is 16.4 Å². The number of pyridine rings is 1. The maximum Gasteiger partial charge on any atom is 0.335 e. The molecule has 6 rings (SSSR count). The summed E-state index contributed by atoms with van der Waals surface area (Å²) in [5.41, 5.74) is 5.39. The third-order valence-corrected chi connectivity index (χ3v) is 8.84. The number of hydrogen-bond donors (Lipinski definition) is 2. The van der Waals surface area contributed by atoms with Gasteiger partial charge in [-0.25, -0.2) is 13.2 Å². The van der Waals surface area contributed by atoms with Crippen LogP contribution in [-0.4, -0.2) is 41.2 Å². The van der Waals surface area contributed by atoms with Gasteiger partial charge in [-0.2, -0.15) is 0 Å². The van der Waals surface area contributed by atoms with Gasteiger partial charge in [-0.05, 0) is 83.8 Å². The fourth-order valence-corrected chi connectivity index (χ4v) is 6.07. The molecular weight excluding hydrogens is 574 g/mol. The quantitative estimate of drug-likeness (QED) is 0.205. The van der Waals surface area contributed by atoms with Crippen molar-refractivity contribution < 1.29 is 23.1 Å². The Morgan fingerprint density at radius 3 is 2.43 bits per heavy atom. The number of rotatable bonds is 8. The fraction of sp³-hybridized carbons (Fsp3) is 0.114. The van der Waals surface area contributed by atoms with Crippen LogP contribution in [0.5, 0.6) is 0 Å². The number of amides is 1. The molecule has 2 N–H and O–H groups in total. The summed E-state index contributed by atoms with van der Waals surface area (Å²) in [6.07, 6.45) is 4.87. The van der Waals surface area contributed by atoms with Crippen LogP contribution in [0.15, 0.2) is 114 Å². The number of sulfone groups is 1. The molecule has 8 nitrogen and oxygen atoms in total. The predicted octanol–water partition coefficient (Wildman–Crippen LogP) is 6.50. The summed E-state index contributed by atoms with van der Waals surface area (Å²) in [4.78, 5) is 29.9. The van der Waals surface area contributed by atoms with E-state index in [0.29, 0.717) is 23.2 Å².